The number of carbonyl (C=O) groups excluding carboxylic acids is 1. The van der Waals surface area contributed by atoms with Crippen molar-refractivity contribution in [2.75, 3.05) is 19.7 Å². The summed E-state index contributed by atoms with van der Waals surface area (Å²) in [4.78, 5) is 13.4. The van der Waals surface area contributed by atoms with Crippen molar-refractivity contribution in [3.05, 3.63) is 12.7 Å². The Balaban J connectivity index is 2.54. The molecule has 0 bridgehead atoms. The lowest BCUT2D eigenvalue weighted by atomic mass is 9.94. The summed E-state index contributed by atoms with van der Waals surface area (Å²) in [6.07, 6.45) is 2.41. The van der Waals surface area contributed by atoms with Crippen molar-refractivity contribution in [1.82, 2.24) is 4.90 Å². The van der Waals surface area contributed by atoms with Crippen LogP contribution in [-0.2, 0) is 4.79 Å². The Hall–Kier alpha value is -0.830. The van der Waals surface area contributed by atoms with Gasteiger partial charge in [0.25, 0.3) is 0 Å². The first-order valence-corrected chi connectivity index (χ1v) is 5.00. The van der Waals surface area contributed by atoms with Gasteiger partial charge in [-0.25, -0.2) is 0 Å². The van der Waals surface area contributed by atoms with Gasteiger partial charge in [-0.2, -0.15) is 0 Å². The van der Waals surface area contributed by atoms with E-state index in [1.807, 2.05) is 24.8 Å². The fourth-order valence-electron chi connectivity index (χ4n) is 1.68. The largest absolute Gasteiger partial charge is 0.396 e. The van der Waals surface area contributed by atoms with Crippen molar-refractivity contribution in [2.45, 2.75) is 20.3 Å². The number of likely N-dealkylation sites (tertiary alicyclic amines) is 1. The van der Waals surface area contributed by atoms with Gasteiger partial charge in [0.1, 0.15) is 0 Å². The second kappa shape index (κ2) is 4.13. The van der Waals surface area contributed by atoms with Crippen molar-refractivity contribution < 1.29 is 9.90 Å². The predicted molar refractivity (Wildman–Crippen MR) is 55.8 cm³/mol. The second-order valence-electron chi connectivity index (χ2n) is 4.80. The molecule has 1 saturated heterocycles. The van der Waals surface area contributed by atoms with Gasteiger partial charge in [-0.15, -0.1) is 6.58 Å². The molecule has 1 heterocycles. The summed E-state index contributed by atoms with van der Waals surface area (Å²) >= 11 is 0. The molecule has 1 unspecified atom stereocenters. The van der Waals surface area contributed by atoms with E-state index in [9.17, 15) is 4.79 Å². The normalized spacial score (nSPS) is 22.9. The highest BCUT2D eigenvalue weighted by atomic mass is 16.3. The van der Waals surface area contributed by atoms with E-state index < -0.39 is 0 Å². The van der Waals surface area contributed by atoms with E-state index in [-0.39, 0.29) is 23.8 Å². The van der Waals surface area contributed by atoms with Crippen LogP contribution < -0.4 is 0 Å². The smallest absolute Gasteiger partial charge is 0.223 e. The van der Waals surface area contributed by atoms with E-state index in [0.29, 0.717) is 13.0 Å². The lowest BCUT2D eigenvalue weighted by Crippen LogP contribution is -2.37. The zero-order valence-corrected chi connectivity index (χ0v) is 8.99. The minimum Gasteiger partial charge on any atom is -0.396 e. The van der Waals surface area contributed by atoms with Gasteiger partial charge in [0.2, 0.25) is 5.91 Å². The zero-order valence-electron chi connectivity index (χ0n) is 8.99. The maximum Gasteiger partial charge on any atom is 0.223 e. The highest BCUT2D eigenvalue weighted by Gasteiger charge is 2.31. The summed E-state index contributed by atoms with van der Waals surface area (Å²) < 4.78 is 0. The molecule has 0 aromatic carbocycles. The molecule has 1 fully saturated rings. The Bertz CT molecular complexity index is 235. The summed E-state index contributed by atoms with van der Waals surface area (Å²) in [6, 6.07) is 0. The third kappa shape index (κ3) is 2.58. The molecule has 0 aromatic heterocycles. The maximum atomic E-state index is 11.5. The molecule has 3 nitrogen and oxygen atoms in total. The van der Waals surface area contributed by atoms with E-state index in [0.717, 1.165) is 6.54 Å². The molecule has 0 saturated carbocycles. The molecule has 1 atom stereocenters. The topological polar surface area (TPSA) is 40.5 Å². The van der Waals surface area contributed by atoms with Gasteiger partial charge in [0.05, 0.1) is 0 Å². The second-order valence-corrected chi connectivity index (χ2v) is 4.80. The fourth-order valence-corrected chi connectivity index (χ4v) is 1.68. The summed E-state index contributed by atoms with van der Waals surface area (Å²) in [5.41, 5.74) is -0.203. The van der Waals surface area contributed by atoms with Crippen LogP contribution >= 0.6 is 0 Å². The molecule has 1 N–H and O–H groups in total. The number of rotatable bonds is 4. The lowest BCUT2D eigenvalue weighted by Gasteiger charge is -2.28. The molecule has 80 valence electrons. The summed E-state index contributed by atoms with van der Waals surface area (Å²) in [5, 5.41) is 9.11. The number of aliphatic hydroxyl groups excluding tert-OH is 1. The Morgan fingerprint density at radius 2 is 2.36 bits per heavy atom. The van der Waals surface area contributed by atoms with E-state index >= 15 is 0 Å². The fraction of sp³-hybridized carbons (Fsp3) is 0.727. The number of nitrogens with zero attached hydrogens (tertiary/aromatic N) is 1. The van der Waals surface area contributed by atoms with Crippen LogP contribution in [0.3, 0.4) is 0 Å². The van der Waals surface area contributed by atoms with Crippen LogP contribution in [0.5, 0.6) is 0 Å². The quantitative estimate of drug-likeness (QED) is 0.684. The number of amides is 1. The van der Waals surface area contributed by atoms with Crippen LogP contribution in [0.1, 0.15) is 20.3 Å². The SMILES string of the molecule is C=CC1CC(=O)N(CC(C)(C)CO)C1. The van der Waals surface area contributed by atoms with Gasteiger partial charge in [-0.1, -0.05) is 19.9 Å². The van der Waals surface area contributed by atoms with Crippen molar-refractivity contribution in [3.63, 3.8) is 0 Å². The highest BCUT2D eigenvalue weighted by molar-refractivity contribution is 5.79. The maximum absolute atomic E-state index is 11.5. The third-order valence-corrected chi connectivity index (χ3v) is 2.62. The Labute approximate surface area is 85.4 Å². The van der Waals surface area contributed by atoms with Gasteiger partial charge in [0, 0.05) is 37.5 Å². The minimum absolute atomic E-state index is 0.107. The van der Waals surface area contributed by atoms with Crippen molar-refractivity contribution in [2.24, 2.45) is 11.3 Å². The summed E-state index contributed by atoms with van der Waals surface area (Å²) in [6.45, 7) is 9.11. The molecule has 1 aliphatic heterocycles. The zero-order chi connectivity index (χ0) is 10.8. The van der Waals surface area contributed by atoms with Crippen LogP contribution in [0.25, 0.3) is 0 Å². The molecule has 0 aromatic rings. The Morgan fingerprint density at radius 1 is 1.71 bits per heavy atom. The van der Waals surface area contributed by atoms with Gasteiger partial charge in [-0.05, 0) is 0 Å². The number of aliphatic hydroxyl groups is 1. The van der Waals surface area contributed by atoms with Crippen molar-refractivity contribution in [3.8, 4) is 0 Å². The van der Waals surface area contributed by atoms with Crippen LogP contribution in [-0.4, -0.2) is 35.6 Å². The standard InChI is InChI=1S/C11H19NO2/c1-4-9-5-10(14)12(6-9)7-11(2,3)8-13/h4,9,13H,1,5-8H2,2-3H3. The van der Waals surface area contributed by atoms with Crippen molar-refractivity contribution in [1.29, 1.82) is 0 Å². The first kappa shape index (κ1) is 11.2. The monoisotopic (exact) mass is 197 g/mol. The average molecular weight is 197 g/mol. The average Bonchev–Trinajstić information content (AvgIpc) is 2.47. The van der Waals surface area contributed by atoms with E-state index in [4.69, 9.17) is 5.11 Å². The molecule has 0 spiro atoms. The van der Waals surface area contributed by atoms with E-state index in [2.05, 4.69) is 6.58 Å². The molecule has 1 aliphatic rings. The van der Waals surface area contributed by atoms with Gasteiger partial charge < -0.3 is 10.0 Å². The predicted octanol–water partition coefficient (Wildman–Crippen LogP) is 1.04. The Kier molecular flexibility index (Phi) is 3.32. The van der Waals surface area contributed by atoms with E-state index in [1.54, 1.807) is 0 Å². The van der Waals surface area contributed by atoms with Crippen LogP contribution in [0.15, 0.2) is 12.7 Å². The molecule has 1 amide bonds. The molecular formula is C11H19NO2. The number of carbonyl (C=O) groups is 1. The van der Waals surface area contributed by atoms with E-state index in [1.165, 1.54) is 0 Å². The van der Waals surface area contributed by atoms with Gasteiger partial charge in [-0.3, -0.25) is 4.79 Å². The van der Waals surface area contributed by atoms with Crippen LogP contribution in [0, 0.1) is 11.3 Å². The van der Waals surface area contributed by atoms with Gasteiger partial charge >= 0.3 is 0 Å². The summed E-state index contributed by atoms with van der Waals surface area (Å²) in [7, 11) is 0. The first-order valence-electron chi connectivity index (χ1n) is 5.00. The van der Waals surface area contributed by atoms with Crippen LogP contribution in [0.4, 0.5) is 0 Å². The van der Waals surface area contributed by atoms with Crippen LogP contribution in [0.2, 0.25) is 0 Å². The highest BCUT2D eigenvalue weighted by Crippen LogP contribution is 2.23. The van der Waals surface area contributed by atoms with Crippen molar-refractivity contribution >= 4 is 5.91 Å². The number of hydrogen-bond acceptors (Lipinski definition) is 2. The first-order chi connectivity index (χ1) is 6.48. The lowest BCUT2D eigenvalue weighted by molar-refractivity contribution is -0.129. The third-order valence-electron chi connectivity index (χ3n) is 2.62. The summed E-state index contributed by atoms with van der Waals surface area (Å²) in [5.74, 6) is 0.466. The molecular weight excluding hydrogens is 178 g/mol. The molecule has 3 heteroatoms. The minimum atomic E-state index is -0.203. The Morgan fingerprint density at radius 3 is 2.79 bits per heavy atom. The van der Waals surface area contributed by atoms with Gasteiger partial charge in [0.15, 0.2) is 0 Å². The molecule has 14 heavy (non-hydrogen) atoms. The molecule has 0 radical (unpaired) electrons. The molecule has 0 aliphatic carbocycles. The molecule has 1 rings (SSSR count). The number of hydrogen-bond donors (Lipinski definition) is 1.